The van der Waals surface area contributed by atoms with Crippen molar-refractivity contribution in [1.82, 2.24) is 10.2 Å². The summed E-state index contributed by atoms with van der Waals surface area (Å²) < 4.78 is 0. The quantitative estimate of drug-likeness (QED) is 0.817. The molecule has 3 unspecified atom stereocenters. The molecule has 140 valence electrons. The maximum atomic E-state index is 13.0. The zero-order valence-corrected chi connectivity index (χ0v) is 15.4. The van der Waals surface area contributed by atoms with E-state index in [0.29, 0.717) is 31.3 Å². The van der Waals surface area contributed by atoms with Crippen molar-refractivity contribution in [1.29, 1.82) is 0 Å². The number of hydrogen-bond donors (Lipinski definition) is 2. The first-order chi connectivity index (χ1) is 11.9. The van der Waals surface area contributed by atoms with E-state index in [2.05, 4.69) is 5.32 Å². The predicted octanol–water partition coefficient (Wildman–Crippen LogP) is 2.08. The lowest BCUT2D eigenvalue weighted by molar-refractivity contribution is -0.172. The van der Waals surface area contributed by atoms with E-state index >= 15 is 0 Å². The van der Waals surface area contributed by atoms with Crippen LogP contribution in [0.4, 0.5) is 0 Å². The number of carbonyl (C=O) groups is 2. The Morgan fingerprint density at radius 3 is 2.56 bits per heavy atom. The van der Waals surface area contributed by atoms with Crippen molar-refractivity contribution in [3.05, 3.63) is 0 Å². The first kappa shape index (κ1) is 17.3. The van der Waals surface area contributed by atoms with Crippen molar-refractivity contribution in [3.63, 3.8) is 0 Å². The highest BCUT2D eigenvalue weighted by Crippen LogP contribution is 2.62. The Hall–Kier alpha value is -1.10. The molecule has 5 nitrogen and oxygen atoms in total. The minimum atomic E-state index is -0.504. The standard InChI is InChI=1S/C20H32N2O3/c1-2-21-18(24)16-4-3-5-22(12-16)17(23)11-19-7-14-6-15(8-19)10-20(25,9-14)13-19/h14-16,25H,2-13H2,1H3,(H,21,24). The molecule has 5 rings (SSSR count). The van der Waals surface area contributed by atoms with Crippen LogP contribution in [0.5, 0.6) is 0 Å². The molecule has 0 spiro atoms. The zero-order valence-electron chi connectivity index (χ0n) is 15.4. The fourth-order valence-electron chi connectivity index (χ4n) is 6.78. The topological polar surface area (TPSA) is 69.6 Å². The number of piperidine rings is 1. The van der Waals surface area contributed by atoms with Crippen molar-refractivity contribution in [2.24, 2.45) is 23.2 Å². The molecular formula is C20H32N2O3. The molecule has 4 aliphatic carbocycles. The summed E-state index contributed by atoms with van der Waals surface area (Å²) in [4.78, 5) is 27.1. The van der Waals surface area contributed by atoms with E-state index in [1.54, 1.807) is 0 Å². The van der Waals surface area contributed by atoms with Crippen LogP contribution in [0.25, 0.3) is 0 Å². The number of rotatable bonds is 4. The fourth-order valence-corrected chi connectivity index (χ4v) is 6.78. The first-order valence-corrected chi connectivity index (χ1v) is 10.2. The molecule has 25 heavy (non-hydrogen) atoms. The number of amides is 2. The Labute approximate surface area is 150 Å². The van der Waals surface area contributed by atoms with Crippen LogP contribution in [-0.2, 0) is 9.59 Å². The molecule has 1 heterocycles. The molecule has 5 heteroatoms. The average Bonchev–Trinajstić information content (AvgIpc) is 2.52. The van der Waals surface area contributed by atoms with Crippen molar-refractivity contribution in [2.75, 3.05) is 19.6 Å². The van der Waals surface area contributed by atoms with E-state index in [-0.39, 0.29) is 23.1 Å². The van der Waals surface area contributed by atoms with E-state index in [4.69, 9.17) is 0 Å². The summed E-state index contributed by atoms with van der Waals surface area (Å²) in [5.74, 6) is 1.47. The average molecular weight is 348 g/mol. The van der Waals surface area contributed by atoms with Gasteiger partial charge in [-0.1, -0.05) is 0 Å². The zero-order chi connectivity index (χ0) is 17.7. The largest absolute Gasteiger partial charge is 0.390 e. The smallest absolute Gasteiger partial charge is 0.224 e. The summed E-state index contributed by atoms with van der Waals surface area (Å²) in [7, 11) is 0. The van der Waals surface area contributed by atoms with Gasteiger partial charge in [0.25, 0.3) is 0 Å². The highest BCUT2D eigenvalue weighted by Gasteiger charge is 2.57. The maximum absolute atomic E-state index is 13.0. The van der Waals surface area contributed by atoms with E-state index in [9.17, 15) is 14.7 Å². The molecule has 0 aromatic rings. The van der Waals surface area contributed by atoms with E-state index in [1.807, 2.05) is 11.8 Å². The van der Waals surface area contributed by atoms with Gasteiger partial charge < -0.3 is 15.3 Å². The first-order valence-electron chi connectivity index (χ1n) is 10.2. The lowest BCUT2D eigenvalue weighted by Crippen LogP contribution is -2.57. The van der Waals surface area contributed by atoms with Crippen LogP contribution in [0.3, 0.4) is 0 Å². The van der Waals surface area contributed by atoms with Crippen LogP contribution < -0.4 is 5.32 Å². The van der Waals surface area contributed by atoms with Gasteiger partial charge in [0.2, 0.25) is 11.8 Å². The molecule has 0 radical (unpaired) electrons. The van der Waals surface area contributed by atoms with Gasteiger partial charge in [-0.3, -0.25) is 9.59 Å². The Morgan fingerprint density at radius 2 is 1.92 bits per heavy atom. The second-order valence-electron chi connectivity index (χ2n) is 9.44. The van der Waals surface area contributed by atoms with E-state index in [1.165, 1.54) is 6.42 Å². The van der Waals surface area contributed by atoms with Crippen LogP contribution in [0, 0.1) is 23.2 Å². The molecule has 1 saturated heterocycles. The van der Waals surface area contributed by atoms with Crippen molar-refractivity contribution in [2.45, 2.75) is 70.3 Å². The Balaban J connectivity index is 1.41. The van der Waals surface area contributed by atoms with Gasteiger partial charge in [0.15, 0.2) is 0 Å². The van der Waals surface area contributed by atoms with Crippen molar-refractivity contribution >= 4 is 11.8 Å². The van der Waals surface area contributed by atoms with Gasteiger partial charge >= 0.3 is 0 Å². The molecular weight excluding hydrogens is 316 g/mol. The van der Waals surface area contributed by atoms with Crippen LogP contribution in [0.1, 0.15) is 64.7 Å². The number of likely N-dealkylation sites (tertiary alicyclic amines) is 1. The van der Waals surface area contributed by atoms with Crippen LogP contribution in [0.15, 0.2) is 0 Å². The summed E-state index contributed by atoms with van der Waals surface area (Å²) in [5, 5.41) is 13.8. The maximum Gasteiger partial charge on any atom is 0.224 e. The van der Waals surface area contributed by atoms with Crippen LogP contribution in [-0.4, -0.2) is 47.1 Å². The van der Waals surface area contributed by atoms with Crippen LogP contribution >= 0.6 is 0 Å². The summed E-state index contributed by atoms with van der Waals surface area (Å²) >= 11 is 0. The number of carbonyl (C=O) groups excluding carboxylic acids is 2. The third kappa shape index (κ3) is 3.32. The monoisotopic (exact) mass is 348 g/mol. The SMILES string of the molecule is CCNC(=O)C1CCCN(C(=O)CC23CC4CC(CC(O)(C4)C2)C3)C1. The highest BCUT2D eigenvalue weighted by molar-refractivity contribution is 5.81. The molecule has 2 N–H and O–H groups in total. The molecule has 2 amide bonds. The lowest BCUT2D eigenvalue weighted by atomic mass is 9.47. The Kier molecular flexibility index (Phi) is 4.33. The molecule has 5 aliphatic rings. The predicted molar refractivity (Wildman–Crippen MR) is 94.7 cm³/mol. The van der Waals surface area contributed by atoms with Gasteiger partial charge in [-0.2, -0.15) is 0 Å². The third-order valence-electron chi connectivity index (χ3n) is 7.17. The van der Waals surface area contributed by atoms with Gasteiger partial charge in [0, 0.05) is 26.1 Å². The molecule has 4 bridgehead atoms. The van der Waals surface area contributed by atoms with Gasteiger partial charge in [-0.15, -0.1) is 0 Å². The summed E-state index contributed by atoms with van der Waals surface area (Å²) in [6, 6.07) is 0. The van der Waals surface area contributed by atoms with Crippen LogP contribution in [0.2, 0.25) is 0 Å². The number of aliphatic hydroxyl groups is 1. The van der Waals surface area contributed by atoms with Gasteiger partial charge in [-0.05, 0) is 75.5 Å². The molecule has 4 saturated carbocycles. The summed E-state index contributed by atoms with van der Waals surface area (Å²) in [5.41, 5.74) is -0.482. The highest BCUT2D eigenvalue weighted by atomic mass is 16.3. The fraction of sp³-hybridized carbons (Fsp3) is 0.900. The van der Waals surface area contributed by atoms with Gasteiger partial charge in [0.05, 0.1) is 11.5 Å². The molecule has 0 aromatic heterocycles. The number of nitrogens with one attached hydrogen (secondary N) is 1. The lowest BCUT2D eigenvalue weighted by Gasteiger charge is -2.60. The summed E-state index contributed by atoms with van der Waals surface area (Å²) in [6.45, 7) is 3.93. The summed E-state index contributed by atoms with van der Waals surface area (Å²) in [6.07, 6.45) is 8.56. The molecule has 5 fully saturated rings. The van der Waals surface area contributed by atoms with E-state index < -0.39 is 5.60 Å². The second-order valence-corrected chi connectivity index (χ2v) is 9.44. The van der Waals surface area contributed by atoms with Gasteiger partial charge in [0.1, 0.15) is 0 Å². The minimum absolute atomic E-state index is 0.0224. The minimum Gasteiger partial charge on any atom is -0.390 e. The Morgan fingerprint density at radius 1 is 1.20 bits per heavy atom. The van der Waals surface area contributed by atoms with Crippen molar-refractivity contribution in [3.8, 4) is 0 Å². The van der Waals surface area contributed by atoms with E-state index in [0.717, 1.165) is 51.5 Å². The second kappa shape index (κ2) is 6.26. The number of hydrogen-bond acceptors (Lipinski definition) is 3. The molecule has 0 aromatic carbocycles. The molecule has 3 atom stereocenters. The normalized spacial score (nSPS) is 42.5. The molecule has 1 aliphatic heterocycles. The van der Waals surface area contributed by atoms with Gasteiger partial charge in [-0.25, -0.2) is 0 Å². The Bertz CT molecular complexity index is 547. The number of nitrogens with zero attached hydrogens (tertiary/aromatic N) is 1. The third-order valence-corrected chi connectivity index (χ3v) is 7.17. The van der Waals surface area contributed by atoms with Crippen molar-refractivity contribution < 1.29 is 14.7 Å².